The molecule has 1 saturated carbocycles. The number of thiazole rings is 1. The molecule has 1 aliphatic carbocycles. The fraction of sp³-hybridized carbons (Fsp3) is 0.250. The standard InChI is InChI=1S/C24H24N4OS/c1-23(29)14-24(25,15-23)19-10-8-16(9-11-19)20-21(17-6-4-3-5-7-17)30-22(27-20)18-12-26-28(2)13-18/h3-13,29H,14-15,25H2,1-2H3/t23-,24-. The van der Waals surface area contributed by atoms with Crippen molar-refractivity contribution in [3.05, 3.63) is 72.6 Å². The molecule has 6 heteroatoms. The molecular formula is C24H24N4OS. The number of nitrogens with two attached hydrogens (primary N) is 1. The molecule has 2 aromatic carbocycles. The van der Waals surface area contributed by atoms with Gasteiger partial charge in [-0.1, -0.05) is 54.6 Å². The van der Waals surface area contributed by atoms with Crippen LogP contribution in [0.3, 0.4) is 0 Å². The molecule has 0 atom stereocenters. The van der Waals surface area contributed by atoms with Gasteiger partial charge >= 0.3 is 0 Å². The van der Waals surface area contributed by atoms with Crippen molar-refractivity contribution in [3.8, 4) is 32.3 Å². The number of rotatable bonds is 4. The Morgan fingerprint density at radius 2 is 1.70 bits per heavy atom. The van der Waals surface area contributed by atoms with E-state index in [1.165, 1.54) is 0 Å². The van der Waals surface area contributed by atoms with Crippen LogP contribution >= 0.6 is 11.3 Å². The number of hydrogen-bond acceptors (Lipinski definition) is 5. The van der Waals surface area contributed by atoms with Crippen LogP contribution in [-0.4, -0.2) is 25.5 Å². The normalized spacial score (nSPS) is 23.3. The molecule has 0 aliphatic heterocycles. The molecule has 2 aromatic heterocycles. The van der Waals surface area contributed by atoms with E-state index >= 15 is 0 Å². The topological polar surface area (TPSA) is 77.0 Å². The van der Waals surface area contributed by atoms with Crippen molar-refractivity contribution in [3.63, 3.8) is 0 Å². The zero-order valence-electron chi connectivity index (χ0n) is 17.0. The Morgan fingerprint density at radius 3 is 2.30 bits per heavy atom. The quantitative estimate of drug-likeness (QED) is 0.511. The van der Waals surface area contributed by atoms with Crippen LogP contribution in [0.1, 0.15) is 25.3 Å². The number of benzene rings is 2. The van der Waals surface area contributed by atoms with Gasteiger partial charge in [0.05, 0.1) is 22.4 Å². The van der Waals surface area contributed by atoms with Crippen LogP contribution < -0.4 is 5.73 Å². The Labute approximate surface area is 179 Å². The van der Waals surface area contributed by atoms with Gasteiger partial charge in [0.1, 0.15) is 5.01 Å². The number of aromatic nitrogens is 3. The van der Waals surface area contributed by atoms with Crippen molar-refractivity contribution in [1.82, 2.24) is 14.8 Å². The molecule has 152 valence electrons. The van der Waals surface area contributed by atoms with Crippen molar-refractivity contribution < 1.29 is 5.11 Å². The van der Waals surface area contributed by atoms with E-state index < -0.39 is 11.1 Å². The maximum Gasteiger partial charge on any atom is 0.127 e. The van der Waals surface area contributed by atoms with Crippen molar-refractivity contribution in [2.75, 3.05) is 0 Å². The van der Waals surface area contributed by atoms with E-state index in [-0.39, 0.29) is 0 Å². The molecule has 0 spiro atoms. The molecule has 0 unspecified atom stereocenters. The first-order chi connectivity index (χ1) is 14.3. The Morgan fingerprint density at radius 1 is 1.00 bits per heavy atom. The minimum atomic E-state index is -0.665. The summed E-state index contributed by atoms with van der Waals surface area (Å²) in [6, 6.07) is 18.7. The fourth-order valence-electron chi connectivity index (χ4n) is 4.43. The Kier molecular flexibility index (Phi) is 4.39. The molecule has 0 amide bonds. The summed E-state index contributed by atoms with van der Waals surface area (Å²) in [6.45, 7) is 1.84. The second-order valence-electron chi connectivity index (χ2n) is 8.55. The molecule has 5 nitrogen and oxygen atoms in total. The van der Waals surface area contributed by atoms with Crippen LogP contribution in [0.2, 0.25) is 0 Å². The predicted molar refractivity (Wildman–Crippen MR) is 121 cm³/mol. The van der Waals surface area contributed by atoms with Gasteiger partial charge in [-0.3, -0.25) is 4.68 Å². The summed E-state index contributed by atoms with van der Waals surface area (Å²) in [5.74, 6) is 0. The monoisotopic (exact) mass is 416 g/mol. The second-order valence-corrected chi connectivity index (χ2v) is 9.55. The van der Waals surface area contributed by atoms with Crippen LogP contribution in [0.15, 0.2) is 67.0 Å². The molecule has 0 radical (unpaired) electrons. The lowest BCUT2D eigenvalue weighted by atomic mass is 9.63. The Hall–Kier alpha value is -2.80. The first-order valence-corrected chi connectivity index (χ1v) is 10.8. The fourth-order valence-corrected chi connectivity index (χ4v) is 5.50. The van der Waals surface area contributed by atoms with Crippen LogP contribution in [0.5, 0.6) is 0 Å². The summed E-state index contributed by atoms with van der Waals surface area (Å²) < 4.78 is 1.79. The van der Waals surface area contributed by atoms with Gasteiger partial charge in [0.15, 0.2) is 0 Å². The van der Waals surface area contributed by atoms with Gasteiger partial charge in [-0.05, 0) is 30.9 Å². The molecule has 3 N–H and O–H groups in total. The highest BCUT2D eigenvalue weighted by molar-refractivity contribution is 7.19. The number of nitrogens with zero attached hydrogens (tertiary/aromatic N) is 3. The number of aliphatic hydroxyl groups is 1. The molecule has 1 fully saturated rings. The van der Waals surface area contributed by atoms with E-state index in [1.54, 1.807) is 16.0 Å². The van der Waals surface area contributed by atoms with Gasteiger partial charge in [0.2, 0.25) is 0 Å². The number of aryl methyl sites for hydroxylation is 1. The van der Waals surface area contributed by atoms with Gasteiger partial charge < -0.3 is 10.8 Å². The third-order valence-corrected chi connectivity index (χ3v) is 6.89. The molecule has 1 aliphatic rings. The minimum Gasteiger partial charge on any atom is -0.390 e. The van der Waals surface area contributed by atoms with Gasteiger partial charge in [0.25, 0.3) is 0 Å². The summed E-state index contributed by atoms with van der Waals surface area (Å²) in [4.78, 5) is 6.12. The zero-order valence-corrected chi connectivity index (χ0v) is 17.9. The summed E-state index contributed by atoms with van der Waals surface area (Å²) >= 11 is 1.68. The van der Waals surface area contributed by atoms with Crippen LogP contribution in [0, 0.1) is 0 Å². The Bertz CT molecular complexity index is 1180. The minimum absolute atomic E-state index is 0.451. The average molecular weight is 417 g/mol. The molecule has 5 rings (SSSR count). The molecule has 30 heavy (non-hydrogen) atoms. The van der Waals surface area contributed by atoms with Crippen molar-refractivity contribution in [2.45, 2.75) is 30.9 Å². The van der Waals surface area contributed by atoms with Crippen LogP contribution in [0.25, 0.3) is 32.3 Å². The van der Waals surface area contributed by atoms with E-state index in [2.05, 4.69) is 41.5 Å². The maximum atomic E-state index is 10.1. The average Bonchev–Trinajstić information content (AvgIpc) is 3.34. The molecular weight excluding hydrogens is 392 g/mol. The largest absolute Gasteiger partial charge is 0.390 e. The SMILES string of the molecule is Cn1cc(-c2nc(-c3ccc([C@]4(N)C[C@](C)(O)C4)cc3)c(-c3ccccc3)s2)cn1. The van der Waals surface area contributed by atoms with Gasteiger partial charge in [-0.25, -0.2) is 4.98 Å². The van der Waals surface area contributed by atoms with Crippen molar-refractivity contribution >= 4 is 11.3 Å². The van der Waals surface area contributed by atoms with Crippen molar-refractivity contribution in [2.24, 2.45) is 12.8 Å². The van der Waals surface area contributed by atoms with Gasteiger partial charge in [-0.2, -0.15) is 5.10 Å². The summed E-state index contributed by atoms with van der Waals surface area (Å²) in [5, 5.41) is 15.4. The van der Waals surface area contributed by atoms with Gasteiger partial charge in [-0.15, -0.1) is 11.3 Å². The first-order valence-electron chi connectivity index (χ1n) is 10.0. The lowest BCUT2D eigenvalue weighted by Crippen LogP contribution is -2.58. The van der Waals surface area contributed by atoms with E-state index in [9.17, 15) is 5.11 Å². The highest BCUT2D eigenvalue weighted by Crippen LogP contribution is 2.47. The third kappa shape index (κ3) is 3.37. The van der Waals surface area contributed by atoms with E-state index in [1.807, 2.05) is 44.6 Å². The lowest BCUT2D eigenvalue weighted by Gasteiger charge is -2.49. The summed E-state index contributed by atoms with van der Waals surface area (Å²) in [5.41, 5.74) is 10.6. The summed E-state index contributed by atoms with van der Waals surface area (Å²) in [7, 11) is 1.91. The first kappa shape index (κ1) is 19.2. The van der Waals surface area contributed by atoms with Crippen molar-refractivity contribution in [1.29, 1.82) is 0 Å². The lowest BCUT2D eigenvalue weighted by molar-refractivity contribution is -0.0738. The van der Waals surface area contributed by atoms with Crippen LogP contribution in [0.4, 0.5) is 0 Å². The number of hydrogen-bond donors (Lipinski definition) is 2. The highest BCUT2D eigenvalue weighted by Gasteiger charge is 2.49. The van der Waals surface area contributed by atoms with Crippen LogP contribution in [-0.2, 0) is 12.6 Å². The Balaban J connectivity index is 1.55. The highest BCUT2D eigenvalue weighted by atomic mass is 32.1. The molecule has 0 saturated heterocycles. The summed E-state index contributed by atoms with van der Waals surface area (Å²) in [6.07, 6.45) is 5.00. The molecule has 2 heterocycles. The molecule has 0 bridgehead atoms. The zero-order chi connectivity index (χ0) is 20.9. The van der Waals surface area contributed by atoms with Gasteiger partial charge in [0, 0.05) is 29.9 Å². The third-order valence-electron chi connectivity index (χ3n) is 5.74. The smallest absolute Gasteiger partial charge is 0.127 e. The predicted octanol–water partition coefficient (Wildman–Crippen LogP) is 4.58. The van der Waals surface area contributed by atoms with E-state index in [0.29, 0.717) is 12.8 Å². The van der Waals surface area contributed by atoms with E-state index in [4.69, 9.17) is 10.7 Å². The van der Waals surface area contributed by atoms with E-state index in [0.717, 1.165) is 37.8 Å². The second kappa shape index (κ2) is 6.87. The maximum absolute atomic E-state index is 10.1. The molecule has 4 aromatic rings.